The van der Waals surface area contributed by atoms with Crippen molar-refractivity contribution in [2.24, 2.45) is 0 Å². The predicted octanol–water partition coefficient (Wildman–Crippen LogP) is 3.31. The number of alkyl halides is 3. The van der Waals surface area contributed by atoms with Crippen molar-refractivity contribution in [3.8, 4) is 5.75 Å². The lowest BCUT2D eigenvalue weighted by Gasteiger charge is -2.09. The van der Waals surface area contributed by atoms with Crippen LogP contribution in [0.25, 0.3) is 0 Å². The van der Waals surface area contributed by atoms with Crippen LogP contribution < -0.4 is 4.74 Å². The number of halogens is 3. The topological polar surface area (TPSA) is 52.4 Å². The van der Waals surface area contributed by atoms with Crippen LogP contribution in [-0.4, -0.2) is 17.3 Å². The second-order valence-electron chi connectivity index (χ2n) is 3.36. The van der Waals surface area contributed by atoms with E-state index in [1.807, 2.05) is 0 Å². The Morgan fingerprint density at radius 2 is 2.06 bits per heavy atom. The molecule has 0 bridgehead atoms. The van der Waals surface area contributed by atoms with E-state index in [1.54, 1.807) is 0 Å². The molecule has 0 saturated heterocycles. The SMILES string of the molecule is O=[N+]([O-])c1cc(C(F)(F)F)ccc1OCCCS. The van der Waals surface area contributed by atoms with E-state index in [1.165, 1.54) is 0 Å². The number of thiol groups is 1. The molecular weight excluding hydrogens is 271 g/mol. The number of nitro benzene ring substituents is 1. The Bertz CT molecular complexity index is 437. The van der Waals surface area contributed by atoms with Gasteiger partial charge in [0, 0.05) is 6.07 Å². The summed E-state index contributed by atoms with van der Waals surface area (Å²) in [5, 5.41) is 10.7. The summed E-state index contributed by atoms with van der Waals surface area (Å²) in [5.41, 5.74) is -1.76. The van der Waals surface area contributed by atoms with Crippen LogP contribution in [0.1, 0.15) is 12.0 Å². The summed E-state index contributed by atoms with van der Waals surface area (Å²) in [6, 6.07) is 2.18. The van der Waals surface area contributed by atoms with Gasteiger partial charge in [-0.25, -0.2) is 0 Å². The van der Waals surface area contributed by atoms with E-state index in [0.29, 0.717) is 18.2 Å². The third-order valence-corrected chi connectivity index (χ3v) is 2.36. The fourth-order valence-corrected chi connectivity index (χ4v) is 1.33. The van der Waals surface area contributed by atoms with Gasteiger partial charge < -0.3 is 4.74 Å². The third-order valence-electron chi connectivity index (χ3n) is 2.04. The number of nitro groups is 1. The largest absolute Gasteiger partial charge is 0.487 e. The van der Waals surface area contributed by atoms with Gasteiger partial charge in [0.2, 0.25) is 0 Å². The first-order valence-corrected chi connectivity index (χ1v) is 5.59. The molecule has 0 aliphatic heterocycles. The van der Waals surface area contributed by atoms with Crippen LogP contribution in [0.5, 0.6) is 5.75 Å². The van der Waals surface area contributed by atoms with Crippen molar-refractivity contribution < 1.29 is 22.8 Å². The summed E-state index contributed by atoms with van der Waals surface area (Å²) in [7, 11) is 0. The van der Waals surface area contributed by atoms with Crippen LogP contribution in [-0.2, 0) is 6.18 Å². The molecule has 0 unspecified atom stereocenters. The van der Waals surface area contributed by atoms with Gasteiger partial charge in [0.25, 0.3) is 0 Å². The molecule has 18 heavy (non-hydrogen) atoms. The summed E-state index contributed by atoms with van der Waals surface area (Å²) in [6.07, 6.45) is -4.07. The molecule has 0 aromatic heterocycles. The van der Waals surface area contributed by atoms with Crippen LogP contribution in [0, 0.1) is 10.1 Å². The van der Waals surface area contributed by atoms with E-state index in [9.17, 15) is 23.3 Å². The lowest BCUT2D eigenvalue weighted by Crippen LogP contribution is -2.07. The van der Waals surface area contributed by atoms with Crippen LogP contribution in [0.2, 0.25) is 0 Å². The highest BCUT2D eigenvalue weighted by molar-refractivity contribution is 7.80. The minimum Gasteiger partial charge on any atom is -0.487 e. The molecule has 8 heteroatoms. The molecular formula is C10H10F3NO3S. The van der Waals surface area contributed by atoms with Crippen molar-refractivity contribution in [3.63, 3.8) is 0 Å². The average Bonchev–Trinajstić information content (AvgIpc) is 2.28. The molecule has 0 radical (unpaired) electrons. The molecule has 0 saturated carbocycles. The first-order valence-electron chi connectivity index (χ1n) is 4.95. The fourth-order valence-electron chi connectivity index (χ4n) is 1.21. The Morgan fingerprint density at radius 1 is 1.39 bits per heavy atom. The molecule has 0 spiro atoms. The third kappa shape index (κ3) is 3.80. The predicted molar refractivity (Wildman–Crippen MR) is 62.1 cm³/mol. The van der Waals surface area contributed by atoms with E-state index < -0.39 is 22.4 Å². The molecule has 4 nitrogen and oxygen atoms in total. The second-order valence-corrected chi connectivity index (χ2v) is 3.81. The molecule has 0 N–H and O–H groups in total. The number of rotatable bonds is 5. The van der Waals surface area contributed by atoms with Crippen LogP contribution in [0.15, 0.2) is 18.2 Å². The van der Waals surface area contributed by atoms with Crippen LogP contribution >= 0.6 is 12.6 Å². The first-order chi connectivity index (χ1) is 8.36. The fraction of sp³-hybridized carbons (Fsp3) is 0.400. The Kier molecular flexibility index (Phi) is 4.83. The maximum atomic E-state index is 12.4. The Morgan fingerprint density at radius 3 is 2.56 bits per heavy atom. The quantitative estimate of drug-likeness (QED) is 0.390. The number of ether oxygens (including phenoxy) is 1. The minimum absolute atomic E-state index is 0.162. The molecule has 100 valence electrons. The molecule has 1 rings (SSSR count). The van der Waals surface area contributed by atoms with Crippen molar-refractivity contribution in [2.45, 2.75) is 12.6 Å². The van der Waals surface area contributed by atoms with Gasteiger partial charge in [0.15, 0.2) is 5.75 Å². The van der Waals surface area contributed by atoms with E-state index in [4.69, 9.17) is 4.74 Å². The molecule has 0 aliphatic carbocycles. The molecule has 0 heterocycles. The number of hydrogen-bond donors (Lipinski definition) is 1. The molecule has 1 aromatic rings. The first kappa shape index (κ1) is 14.6. The van der Waals surface area contributed by atoms with Gasteiger partial charge in [0.05, 0.1) is 17.1 Å². The van der Waals surface area contributed by atoms with E-state index in [2.05, 4.69) is 12.6 Å². The van der Waals surface area contributed by atoms with Crippen molar-refractivity contribution in [1.82, 2.24) is 0 Å². The number of hydrogen-bond acceptors (Lipinski definition) is 4. The summed E-state index contributed by atoms with van der Waals surface area (Å²) in [6.45, 7) is 0.162. The van der Waals surface area contributed by atoms with Gasteiger partial charge in [-0.1, -0.05) is 0 Å². The lowest BCUT2D eigenvalue weighted by molar-refractivity contribution is -0.386. The van der Waals surface area contributed by atoms with E-state index >= 15 is 0 Å². The summed E-state index contributed by atoms with van der Waals surface area (Å²) in [4.78, 5) is 9.78. The minimum atomic E-state index is -4.62. The van der Waals surface area contributed by atoms with Gasteiger partial charge in [0.1, 0.15) is 0 Å². The van der Waals surface area contributed by atoms with Gasteiger partial charge in [-0.3, -0.25) is 10.1 Å². The van der Waals surface area contributed by atoms with E-state index in [0.717, 1.165) is 12.1 Å². The van der Waals surface area contributed by atoms with Crippen molar-refractivity contribution in [2.75, 3.05) is 12.4 Å². The lowest BCUT2D eigenvalue weighted by atomic mass is 10.2. The normalized spacial score (nSPS) is 11.3. The van der Waals surface area contributed by atoms with Crippen LogP contribution in [0.3, 0.4) is 0 Å². The van der Waals surface area contributed by atoms with Gasteiger partial charge >= 0.3 is 11.9 Å². The highest BCUT2D eigenvalue weighted by atomic mass is 32.1. The van der Waals surface area contributed by atoms with Crippen LogP contribution in [0.4, 0.5) is 18.9 Å². The number of nitrogens with zero attached hydrogens (tertiary/aromatic N) is 1. The zero-order valence-corrected chi connectivity index (χ0v) is 10.0. The van der Waals surface area contributed by atoms with Crippen molar-refractivity contribution >= 4 is 18.3 Å². The maximum Gasteiger partial charge on any atom is 0.416 e. The zero-order chi connectivity index (χ0) is 13.8. The molecule has 0 amide bonds. The second kappa shape index (κ2) is 5.94. The number of benzene rings is 1. The Balaban J connectivity index is 3.01. The zero-order valence-electron chi connectivity index (χ0n) is 9.11. The highest BCUT2D eigenvalue weighted by Gasteiger charge is 2.33. The standard InChI is InChI=1S/C10H10F3NO3S/c11-10(12,13)7-2-3-9(17-4-1-5-18)8(6-7)14(15)16/h2-3,6,18H,1,4-5H2. The molecule has 0 fully saturated rings. The van der Waals surface area contributed by atoms with Crippen molar-refractivity contribution in [1.29, 1.82) is 0 Å². The summed E-state index contributed by atoms with van der Waals surface area (Å²) >= 11 is 3.93. The Labute approximate surface area is 106 Å². The maximum absolute atomic E-state index is 12.4. The molecule has 0 aliphatic rings. The average molecular weight is 281 g/mol. The summed E-state index contributed by atoms with van der Waals surface area (Å²) in [5.74, 6) is 0.351. The van der Waals surface area contributed by atoms with E-state index in [-0.39, 0.29) is 12.4 Å². The van der Waals surface area contributed by atoms with Gasteiger partial charge in [-0.2, -0.15) is 25.8 Å². The summed E-state index contributed by atoms with van der Waals surface area (Å²) < 4.78 is 42.2. The monoisotopic (exact) mass is 281 g/mol. The highest BCUT2D eigenvalue weighted by Crippen LogP contribution is 2.35. The smallest absolute Gasteiger partial charge is 0.416 e. The molecule has 1 aromatic carbocycles. The van der Waals surface area contributed by atoms with Gasteiger partial charge in [-0.05, 0) is 24.3 Å². The Hall–Kier alpha value is -1.44. The van der Waals surface area contributed by atoms with Crippen molar-refractivity contribution in [3.05, 3.63) is 33.9 Å². The molecule has 0 atom stereocenters. The van der Waals surface area contributed by atoms with Gasteiger partial charge in [-0.15, -0.1) is 0 Å².